The molecule has 7 heteroatoms. The van der Waals surface area contributed by atoms with Gasteiger partial charge in [-0.05, 0) is 18.2 Å². The van der Waals surface area contributed by atoms with Crippen LogP contribution in [-0.4, -0.2) is 10.1 Å². The first-order valence-electron chi connectivity index (χ1n) is 4.14. The quantitative estimate of drug-likeness (QED) is 0.631. The van der Waals surface area contributed by atoms with Gasteiger partial charge < -0.3 is 0 Å². The highest BCUT2D eigenvalue weighted by atomic mass is 79.9. The SMILES string of the molecule is O=[N+]([O-])Oc1cnc2ccc(Br)cc2c1Cl. The van der Waals surface area contributed by atoms with E-state index in [4.69, 9.17) is 11.6 Å². The molecule has 0 atom stereocenters. The number of nitrogens with zero attached hydrogens (tertiary/aromatic N) is 2. The maximum Gasteiger partial charge on any atom is 0.299 e. The van der Waals surface area contributed by atoms with Gasteiger partial charge in [-0.25, -0.2) is 0 Å². The second-order valence-corrected chi connectivity index (χ2v) is 4.21. The van der Waals surface area contributed by atoms with Crippen LogP contribution >= 0.6 is 27.5 Å². The minimum atomic E-state index is -0.924. The topological polar surface area (TPSA) is 65.3 Å². The Bertz CT molecular complexity index is 576. The minimum Gasteiger partial charge on any atom is -0.273 e. The van der Waals surface area contributed by atoms with Gasteiger partial charge in [0.15, 0.2) is 5.75 Å². The van der Waals surface area contributed by atoms with Gasteiger partial charge in [0.25, 0.3) is 5.09 Å². The Labute approximate surface area is 103 Å². The summed E-state index contributed by atoms with van der Waals surface area (Å²) in [5.41, 5.74) is 0.642. The van der Waals surface area contributed by atoms with E-state index in [1.54, 1.807) is 18.2 Å². The first-order valence-corrected chi connectivity index (χ1v) is 5.31. The zero-order valence-electron chi connectivity index (χ0n) is 7.68. The predicted molar refractivity (Wildman–Crippen MR) is 62.1 cm³/mol. The Kier molecular flexibility index (Phi) is 2.93. The largest absolute Gasteiger partial charge is 0.299 e. The van der Waals surface area contributed by atoms with Gasteiger partial charge in [-0.1, -0.05) is 27.5 Å². The van der Waals surface area contributed by atoms with Crippen molar-refractivity contribution in [1.82, 2.24) is 4.98 Å². The van der Waals surface area contributed by atoms with Crippen molar-refractivity contribution in [2.75, 3.05) is 0 Å². The van der Waals surface area contributed by atoms with Crippen molar-refractivity contribution in [1.29, 1.82) is 0 Å². The highest BCUT2D eigenvalue weighted by molar-refractivity contribution is 9.10. The Hall–Kier alpha value is -1.40. The van der Waals surface area contributed by atoms with E-state index in [1.807, 2.05) is 0 Å². The van der Waals surface area contributed by atoms with E-state index in [1.165, 1.54) is 6.20 Å². The van der Waals surface area contributed by atoms with E-state index in [2.05, 4.69) is 25.8 Å². The number of aromatic nitrogens is 1. The number of rotatable bonds is 2. The third-order valence-electron chi connectivity index (χ3n) is 1.91. The molecule has 0 N–H and O–H groups in total. The number of pyridine rings is 1. The Morgan fingerprint density at radius 2 is 2.25 bits per heavy atom. The molecule has 0 aliphatic carbocycles. The second-order valence-electron chi connectivity index (χ2n) is 2.91. The lowest BCUT2D eigenvalue weighted by atomic mass is 10.2. The molecule has 0 unspecified atom stereocenters. The molecule has 0 saturated heterocycles. The van der Waals surface area contributed by atoms with Gasteiger partial charge in [-0.15, -0.1) is 10.1 Å². The Balaban J connectivity index is 2.63. The van der Waals surface area contributed by atoms with E-state index in [0.29, 0.717) is 10.9 Å². The fourth-order valence-electron chi connectivity index (χ4n) is 1.26. The van der Waals surface area contributed by atoms with Crippen LogP contribution in [0.25, 0.3) is 10.9 Å². The first kappa shape index (κ1) is 11.1. The predicted octanol–water partition coefficient (Wildman–Crippen LogP) is 3.22. The fraction of sp³-hybridized carbons (Fsp3) is 0. The molecule has 2 rings (SSSR count). The van der Waals surface area contributed by atoms with Crippen LogP contribution in [0.15, 0.2) is 28.9 Å². The summed E-state index contributed by atoms with van der Waals surface area (Å²) in [6.07, 6.45) is 1.22. The van der Waals surface area contributed by atoms with Crippen LogP contribution < -0.4 is 4.84 Å². The van der Waals surface area contributed by atoms with Crippen molar-refractivity contribution in [2.45, 2.75) is 0 Å². The van der Waals surface area contributed by atoms with Gasteiger partial charge in [-0.2, -0.15) is 0 Å². The van der Waals surface area contributed by atoms with Crippen molar-refractivity contribution < 1.29 is 9.92 Å². The minimum absolute atomic E-state index is 0.0720. The Morgan fingerprint density at radius 1 is 1.50 bits per heavy atom. The standard InChI is InChI=1S/C9H4BrClN2O3/c10-5-1-2-7-6(3-5)9(11)8(4-12-7)16-13(14)15/h1-4H. The number of fused-ring (bicyclic) bond motifs is 1. The summed E-state index contributed by atoms with van der Waals surface area (Å²) in [6, 6.07) is 5.28. The van der Waals surface area contributed by atoms with Crippen molar-refractivity contribution in [3.05, 3.63) is 44.0 Å². The second kappa shape index (κ2) is 4.23. The molecule has 0 bridgehead atoms. The smallest absolute Gasteiger partial charge is 0.273 e. The van der Waals surface area contributed by atoms with Gasteiger partial charge in [0, 0.05) is 9.86 Å². The summed E-state index contributed by atoms with van der Waals surface area (Å²) >= 11 is 9.25. The molecule has 0 radical (unpaired) electrons. The molecule has 0 aliphatic heterocycles. The summed E-state index contributed by atoms with van der Waals surface area (Å²) in [7, 11) is 0. The molecule has 1 heterocycles. The monoisotopic (exact) mass is 302 g/mol. The van der Waals surface area contributed by atoms with Crippen LogP contribution in [0.5, 0.6) is 5.75 Å². The van der Waals surface area contributed by atoms with E-state index < -0.39 is 5.09 Å². The van der Waals surface area contributed by atoms with Gasteiger partial charge in [0.05, 0.1) is 16.7 Å². The van der Waals surface area contributed by atoms with E-state index in [-0.39, 0.29) is 10.8 Å². The van der Waals surface area contributed by atoms with Crippen molar-refractivity contribution >= 4 is 38.4 Å². The number of halogens is 2. The molecule has 1 aromatic carbocycles. The molecule has 82 valence electrons. The molecule has 5 nitrogen and oxygen atoms in total. The zero-order chi connectivity index (χ0) is 11.7. The normalized spacial score (nSPS) is 10.4. The fourth-order valence-corrected chi connectivity index (χ4v) is 1.85. The molecular formula is C9H4BrClN2O3. The summed E-state index contributed by atoms with van der Waals surface area (Å²) in [4.78, 5) is 18.5. The van der Waals surface area contributed by atoms with Crippen LogP contribution in [0.4, 0.5) is 0 Å². The lowest BCUT2D eigenvalue weighted by Crippen LogP contribution is -2.04. The Morgan fingerprint density at radius 3 is 2.94 bits per heavy atom. The van der Waals surface area contributed by atoms with Gasteiger partial charge in [0.1, 0.15) is 0 Å². The average molecular weight is 303 g/mol. The molecule has 0 aliphatic rings. The van der Waals surface area contributed by atoms with Gasteiger partial charge in [-0.3, -0.25) is 9.82 Å². The average Bonchev–Trinajstić information content (AvgIpc) is 2.22. The zero-order valence-corrected chi connectivity index (χ0v) is 10.0. The molecule has 0 spiro atoms. The molecule has 0 fully saturated rings. The first-order chi connectivity index (χ1) is 7.58. The maximum atomic E-state index is 10.2. The van der Waals surface area contributed by atoms with Crippen molar-refractivity contribution in [2.24, 2.45) is 0 Å². The van der Waals surface area contributed by atoms with Crippen LogP contribution in [0, 0.1) is 10.1 Å². The van der Waals surface area contributed by atoms with Crippen LogP contribution in [0.2, 0.25) is 5.02 Å². The number of hydrogen-bond donors (Lipinski definition) is 0. The van der Waals surface area contributed by atoms with Crippen LogP contribution in [-0.2, 0) is 0 Å². The molecule has 1 aromatic heterocycles. The number of benzene rings is 1. The van der Waals surface area contributed by atoms with E-state index in [9.17, 15) is 10.1 Å². The van der Waals surface area contributed by atoms with Gasteiger partial charge >= 0.3 is 0 Å². The van der Waals surface area contributed by atoms with Gasteiger partial charge in [0.2, 0.25) is 0 Å². The highest BCUT2D eigenvalue weighted by Crippen LogP contribution is 2.32. The molecule has 0 amide bonds. The third-order valence-corrected chi connectivity index (χ3v) is 2.79. The van der Waals surface area contributed by atoms with Crippen molar-refractivity contribution in [3.8, 4) is 5.75 Å². The highest BCUT2D eigenvalue weighted by Gasteiger charge is 2.10. The molecule has 0 saturated carbocycles. The van der Waals surface area contributed by atoms with E-state index >= 15 is 0 Å². The molecular weight excluding hydrogens is 299 g/mol. The van der Waals surface area contributed by atoms with Crippen molar-refractivity contribution in [3.63, 3.8) is 0 Å². The van der Waals surface area contributed by atoms with Crippen LogP contribution in [0.1, 0.15) is 0 Å². The lowest BCUT2D eigenvalue weighted by Gasteiger charge is -2.05. The van der Waals surface area contributed by atoms with Crippen LogP contribution in [0.3, 0.4) is 0 Å². The summed E-state index contributed by atoms with van der Waals surface area (Å²) in [5, 5.41) is 10.1. The number of hydrogen-bond acceptors (Lipinski definition) is 4. The molecule has 2 aromatic rings. The summed E-state index contributed by atoms with van der Waals surface area (Å²) in [5.74, 6) is -0.0720. The van der Waals surface area contributed by atoms with E-state index in [0.717, 1.165) is 4.47 Å². The maximum absolute atomic E-state index is 10.2. The lowest BCUT2D eigenvalue weighted by molar-refractivity contribution is -0.711. The third kappa shape index (κ3) is 2.07. The molecule has 16 heavy (non-hydrogen) atoms. The summed E-state index contributed by atoms with van der Waals surface area (Å²) < 4.78 is 0.807. The summed E-state index contributed by atoms with van der Waals surface area (Å²) in [6.45, 7) is 0.